The largest absolute Gasteiger partial charge is 0.340 e. The van der Waals surface area contributed by atoms with Crippen molar-refractivity contribution in [2.45, 2.75) is 89.8 Å². The van der Waals surface area contributed by atoms with Gasteiger partial charge in [-0.25, -0.2) is 8.42 Å². The summed E-state index contributed by atoms with van der Waals surface area (Å²) < 4.78 is 28.8. The summed E-state index contributed by atoms with van der Waals surface area (Å²) in [7, 11) is -3.30. The van der Waals surface area contributed by atoms with Crippen molar-refractivity contribution in [1.82, 2.24) is 28.8 Å². The number of rotatable bonds is 12. The highest BCUT2D eigenvalue weighted by atomic mass is 35.5. The van der Waals surface area contributed by atoms with Crippen molar-refractivity contribution in [1.29, 1.82) is 0 Å². The molecular formula is C33H49ClN6O3S. The maximum atomic E-state index is 12.5. The van der Waals surface area contributed by atoms with Crippen LogP contribution < -0.4 is 0 Å². The van der Waals surface area contributed by atoms with Gasteiger partial charge in [0.2, 0.25) is 15.9 Å². The van der Waals surface area contributed by atoms with Crippen molar-refractivity contribution in [2.75, 3.05) is 58.6 Å². The highest BCUT2D eigenvalue weighted by Gasteiger charge is 2.32. The van der Waals surface area contributed by atoms with Gasteiger partial charge in [-0.2, -0.15) is 9.40 Å². The number of piperidine rings is 1. The quantitative estimate of drug-likeness (QED) is 0.319. The second kappa shape index (κ2) is 14.2. The molecule has 9 nitrogen and oxygen atoms in total. The zero-order valence-electron chi connectivity index (χ0n) is 26.4. The Labute approximate surface area is 268 Å². The number of hydrogen-bond donors (Lipinski definition) is 0. The lowest BCUT2D eigenvalue weighted by molar-refractivity contribution is -0.130. The fourth-order valence-corrected chi connectivity index (χ4v) is 8.69. The van der Waals surface area contributed by atoms with Gasteiger partial charge < -0.3 is 14.7 Å². The number of hydrogen-bond acceptors (Lipinski definition) is 6. The number of benzene rings is 1. The molecule has 1 aromatic carbocycles. The molecule has 4 aliphatic rings. The highest BCUT2D eigenvalue weighted by Crippen LogP contribution is 2.33. The molecular weight excluding hydrogens is 596 g/mol. The van der Waals surface area contributed by atoms with Crippen LogP contribution in [0.2, 0.25) is 5.02 Å². The first-order valence-corrected chi connectivity index (χ1v) is 19.1. The first kappa shape index (κ1) is 32.0. The van der Waals surface area contributed by atoms with E-state index in [9.17, 15) is 13.2 Å². The van der Waals surface area contributed by atoms with Crippen LogP contribution >= 0.6 is 11.6 Å². The van der Waals surface area contributed by atoms with Crippen LogP contribution in [0, 0.1) is 0 Å². The Morgan fingerprint density at radius 2 is 1.64 bits per heavy atom. The molecule has 4 aliphatic heterocycles. The van der Waals surface area contributed by atoms with Gasteiger partial charge in [-0.05, 0) is 102 Å². The van der Waals surface area contributed by atoms with Crippen molar-refractivity contribution in [3.8, 4) is 11.3 Å². The molecule has 5 heterocycles. The van der Waals surface area contributed by atoms with Crippen LogP contribution in [0.15, 0.2) is 18.2 Å². The molecule has 0 atom stereocenters. The van der Waals surface area contributed by atoms with Gasteiger partial charge >= 0.3 is 0 Å². The van der Waals surface area contributed by atoms with Crippen LogP contribution in [0.4, 0.5) is 0 Å². The number of nitrogens with zero attached hydrogens (tertiary/aromatic N) is 6. The number of carbonyl (C=O) groups is 1. The predicted molar refractivity (Wildman–Crippen MR) is 175 cm³/mol. The third-order valence-electron chi connectivity index (χ3n) is 10.2. The number of likely N-dealkylation sites (tertiary alicyclic amines) is 3. The van der Waals surface area contributed by atoms with E-state index >= 15 is 0 Å². The number of aryl methyl sites for hydroxylation is 2. The van der Waals surface area contributed by atoms with Crippen molar-refractivity contribution < 1.29 is 13.2 Å². The second-order valence-electron chi connectivity index (χ2n) is 13.3. The molecule has 1 amide bonds. The molecule has 0 bridgehead atoms. The summed E-state index contributed by atoms with van der Waals surface area (Å²) in [6.07, 6.45) is 12.6. The van der Waals surface area contributed by atoms with E-state index in [1.54, 1.807) is 4.31 Å². The molecule has 1 aromatic heterocycles. The van der Waals surface area contributed by atoms with E-state index < -0.39 is 10.0 Å². The minimum Gasteiger partial charge on any atom is -0.340 e. The van der Waals surface area contributed by atoms with Crippen LogP contribution in [0.25, 0.3) is 11.3 Å². The molecule has 242 valence electrons. The third-order valence-corrected chi connectivity index (χ3v) is 11.8. The number of amides is 1. The summed E-state index contributed by atoms with van der Waals surface area (Å²) in [5.41, 5.74) is 5.24. The Kier molecular flexibility index (Phi) is 10.3. The molecule has 0 radical (unpaired) electrons. The summed E-state index contributed by atoms with van der Waals surface area (Å²) in [5.74, 6) is 0.336. The van der Waals surface area contributed by atoms with E-state index in [1.165, 1.54) is 38.6 Å². The van der Waals surface area contributed by atoms with Gasteiger partial charge in [0.1, 0.15) is 0 Å². The van der Waals surface area contributed by atoms with E-state index in [2.05, 4.69) is 25.4 Å². The number of sulfonamides is 1. The summed E-state index contributed by atoms with van der Waals surface area (Å²) in [6, 6.07) is 6.61. The molecule has 0 N–H and O–H groups in total. The number of carbonyl (C=O) groups excluding carboxylic acids is 1. The highest BCUT2D eigenvalue weighted by molar-refractivity contribution is 7.88. The average molecular weight is 645 g/mol. The van der Waals surface area contributed by atoms with Crippen molar-refractivity contribution in [2.24, 2.45) is 0 Å². The molecule has 3 fully saturated rings. The predicted octanol–water partition coefficient (Wildman–Crippen LogP) is 4.42. The lowest BCUT2D eigenvalue weighted by Crippen LogP contribution is -2.45. The van der Waals surface area contributed by atoms with Crippen LogP contribution in [-0.2, 0) is 40.7 Å². The van der Waals surface area contributed by atoms with Gasteiger partial charge in [0, 0.05) is 80.0 Å². The standard InChI is InChI=1S/C33H49ClN6O3S/c1-44(42,43)38-23-14-31-29(25-38)33(27-10-11-30(34)26(24-27)8-2-3-15-36-16-4-5-17-36)35-40(31)20-7-18-37-21-12-28(13-22-37)39-19-6-9-32(39)41/h10-11,24,28H,2-9,12-23,25H2,1H3. The molecule has 2 aromatic rings. The zero-order chi connectivity index (χ0) is 30.7. The summed E-state index contributed by atoms with van der Waals surface area (Å²) in [4.78, 5) is 19.4. The normalized spacial score (nSPS) is 21.0. The van der Waals surface area contributed by atoms with E-state index in [4.69, 9.17) is 16.7 Å². The molecule has 6 rings (SSSR count). The van der Waals surface area contributed by atoms with Gasteiger partial charge in [-0.3, -0.25) is 9.48 Å². The Morgan fingerprint density at radius 1 is 0.886 bits per heavy atom. The van der Waals surface area contributed by atoms with Gasteiger partial charge in [-0.1, -0.05) is 17.7 Å². The molecule has 3 saturated heterocycles. The Hall–Kier alpha value is -1.98. The smallest absolute Gasteiger partial charge is 0.222 e. The monoisotopic (exact) mass is 644 g/mol. The van der Waals surface area contributed by atoms with Gasteiger partial charge in [0.05, 0.1) is 11.9 Å². The molecule has 0 spiro atoms. The summed E-state index contributed by atoms with van der Waals surface area (Å²) in [5, 5.41) is 5.93. The second-order valence-corrected chi connectivity index (χ2v) is 15.7. The maximum absolute atomic E-state index is 12.5. The SMILES string of the molecule is CS(=O)(=O)N1CCc2c(c(-c3ccc(Cl)c(CCCCN4CCCC4)c3)nn2CCCN2CCC(N3CCCC3=O)CC2)C1. The van der Waals surface area contributed by atoms with Crippen molar-refractivity contribution in [3.63, 3.8) is 0 Å². The number of fused-ring (bicyclic) bond motifs is 1. The van der Waals surface area contributed by atoms with E-state index in [0.29, 0.717) is 37.9 Å². The van der Waals surface area contributed by atoms with E-state index in [1.807, 2.05) is 12.1 Å². The molecule has 0 saturated carbocycles. The maximum Gasteiger partial charge on any atom is 0.222 e. The topological polar surface area (TPSA) is 82.0 Å². The lowest BCUT2D eigenvalue weighted by atomic mass is 9.99. The number of unbranched alkanes of at least 4 members (excludes halogenated alkanes) is 1. The van der Waals surface area contributed by atoms with Gasteiger partial charge in [-0.15, -0.1) is 0 Å². The fraction of sp³-hybridized carbons (Fsp3) is 0.697. The minimum atomic E-state index is -3.30. The Bertz CT molecular complexity index is 1410. The van der Waals surface area contributed by atoms with Crippen molar-refractivity contribution >= 4 is 27.5 Å². The van der Waals surface area contributed by atoms with Crippen LogP contribution in [-0.4, -0.2) is 108 Å². The first-order chi connectivity index (χ1) is 21.3. The molecule has 44 heavy (non-hydrogen) atoms. The van der Waals surface area contributed by atoms with Gasteiger partial charge in [0.15, 0.2) is 0 Å². The average Bonchev–Trinajstić information content (AvgIpc) is 3.77. The minimum absolute atomic E-state index is 0.336. The van der Waals surface area contributed by atoms with Crippen LogP contribution in [0.3, 0.4) is 0 Å². The molecule has 0 unspecified atom stereocenters. The van der Waals surface area contributed by atoms with Crippen LogP contribution in [0.1, 0.15) is 74.6 Å². The zero-order valence-corrected chi connectivity index (χ0v) is 27.9. The Morgan fingerprint density at radius 3 is 2.36 bits per heavy atom. The summed E-state index contributed by atoms with van der Waals surface area (Å²) >= 11 is 6.67. The number of halogens is 1. The van der Waals surface area contributed by atoms with E-state index in [0.717, 1.165) is 111 Å². The van der Waals surface area contributed by atoms with Gasteiger partial charge in [0.25, 0.3) is 0 Å². The van der Waals surface area contributed by atoms with E-state index in [-0.39, 0.29) is 0 Å². The lowest BCUT2D eigenvalue weighted by Gasteiger charge is -2.36. The Balaban J connectivity index is 1.12. The fourth-order valence-electron chi connectivity index (χ4n) is 7.69. The van der Waals surface area contributed by atoms with Crippen molar-refractivity contribution in [3.05, 3.63) is 40.0 Å². The molecule has 11 heteroatoms. The first-order valence-electron chi connectivity index (χ1n) is 16.8. The number of aromatic nitrogens is 2. The molecule has 0 aliphatic carbocycles. The third kappa shape index (κ3) is 7.52. The summed E-state index contributed by atoms with van der Waals surface area (Å²) in [6.45, 7) is 9.28. The van der Waals surface area contributed by atoms with Crippen LogP contribution in [0.5, 0.6) is 0 Å².